The zero-order valence-corrected chi connectivity index (χ0v) is 18.5. The van der Waals surface area contributed by atoms with Gasteiger partial charge in [0.25, 0.3) is 5.91 Å². The van der Waals surface area contributed by atoms with Gasteiger partial charge in [0.1, 0.15) is 12.3 Å². The Bertz CT molecular complexity index is 1130. The summed E-state index contributed by atoms with van der Waals surface area (Å²) in [6, 6.07) is 15.8. The van der Waals surface area contributed by atoms with Crippen molar-refractivity contribution in [2.45, 2.75) is 6.92 Å². The van der Waals surface area contributed by atoms with E-state index in [9.17, 15) is 19.2 Å². The summed E-state index contributed by atoms with van der Waals surface area (Å²) in [6.45, 7) is 1.00. The molecule has 0 unspecified atom stereocenters. The first-order chi connectivity index (χ1) is 15.3. The number of ketones is 1. The van der Waals surface area contributed by atoms with Gasteiger partial charge in [-0.1, -0.05) is 17.7 Å². The summed E-state index contributed by atoms with van der Waals surface area (Å²) in [5.74, 6) is -2.02. The lowest BCUT2D eigenvalue weighted by atomic mass is 10.1. The highest BCUT2D eigenvalue weighted by molar-refractivity contribution is 9.10. The summed E-state index contributed by atoms with van der Waals surface area (Å²) in [7, 11) is 0. The maximum Gasteiger partial charge on any atom is 0.343 e. The molecular weight excluding hydrogens is 482 g/mol. The van der Waals surface area contributed by atoms with Gasteiger partial charge < -0.3 is 19.2 Å². The molecule has 164 valence electrons. The van der Waals surface area contributed by atoms with Gasteiger partial charge in [0.15, 0.2) is 22.8 Å². The molecule has 0 radical (unpaired) electrons. The van der Waals surface area contributed by atoms with Gasteiger partial charge in [0, 0.05) is 5.56 Å². The summed E-state index contributed by atoms with van der Waals surface area (Å²) in [4.78, 5) is 47.9. The third kappa shape index (κ3) is 6.39. The van der Waals surface area contributed by atoms with E-state index in [0.717, 1.165) is 5.56 Å². The molecule has 0 spiro atoms. The number of hydrogen-bond acceptors (Lipinski definition) is 7. The van der Waals surface area contributed by atoms with Crippen molar-refractivity contribution in [3.8, 4) is 5.75 Å². The number of carbonyl (C=O) groups is 4. The zero-order valence-electron chi connectivity index (χ0n) is 16.9. The van der Waals surface area contributed by atoms with E-state index in [1.807, 2.05) is 6.92 Å². The molecule has 0 bridgehead atoms. The number of halogens is 1. The average Bonchev–Trinajstić information content (AvgIpc) is 3.23. The molecule has 1 aromatic heterocycles. The van der Waals surface area contributed by atoms with Crippen LogP contribution in [0.4, 0.5) is 0 Å². The van der Waals surface area contributed by atoms with E-state index in [-0.39, 0.29) is 17.1 Å². The van der Waals surface area contributed by atoms with Crippen LogP contribution in [0.5, 0.6) is 5.75 Å². The molecule has 32 heavy (non-hydrogen) atoms. The number of esters is 2. The van der Waals surface area contributed by atoms with Gasteiger partial charge in [0.2, 0.25) is 0 Å². The van der Waals surface area contributed by atoms with Crippen molar-refractivity contribution in [3.05, 3.63) is 87.8 Å². The van der Waals surface area contributed by atoms with Crippen molar-refractivity contribution >= 4 is 39.6 Å². The molecule has 8 nitrogen and oxygen atoms in total. The van der Waals surface area contributed by atoms with E-state index < -0.39 is 36.8 Å². The highest BCUT2D eigenvalue weighted by Gasteiger charge is 2.15. The van der Waals surface area contributed by atoms with Crippen LogP contribution in [0.15, 0.2) is 69.8 Å². The number of nitrogens with one attached hydrogen (secondary N) is 1. The monoisotopic (exact) mass is 499 g/mol. The van der Waals surface area contributed by atoms with E-state index in [1.54, 1.807) is 30.3 Å². The molecule has 0 fully saturated rings. The molecule has 0 saturated carbocycles. The van der Waals surface area contributed by atoms with Crippen molar-refractivity contribution < 1.29 is 33.1 Å². The third-order valence-corrected chi connectivity index (χ3v) is 4.65. The predicted molar refractivity (Wildman–Crippen MR) is 117 cm³/mol. The van der Waals surface area contributed by atoms with Gasteiger partial charge >= 0.3 is 11.9 Å². The van der Waals surface area contributed by atoms with Crippen LogP contribution >= 0.6 is 15.9 Å². The number of aryl methyl sites for hydroxylation is 1. The quantitative estimate of drug-likeness (QED) is 0.285. The minimum absolute atomic E-state index is 0.0314. The molecule has 1 amide bonds. The lowest BCUT2D eigenvalue weighted by Gasteiger charge is -2.07. The van der Waals surface area contributed by atoms with Crippen molar-refractivity contribution in [3.63, 3.8) is 0 Å². The van der Waals surface area contributed by atoms with E-state index in [0.29, 0.717) is 10.2 Å². The maximum absolute atomic E-state index is 12.2. The summed E-state index contributed by atoms with van der Waals surface area (Å²) in [5.41, 5.74) is 1.71. The van der Waals surface area contributed by atoms with E-state index in [1.165, 1.54) is 30.3 Å². The zero-order chi connectivity index (χ0) is 23.1. The second-order valence-corrected chi connectivity index (χ2v) is 7.43. The highest BCUT2D eigenvalue weighted by atomic mass is 79.9. The molecule has 0 aliphatic heterocycles. The van der Waals surface area contributed by atoms with Crippen LogP contribution in [0.2, 0.25) is 0 Å². The molecule has 1 N–H and O–H groups in total. The first-order valence-corrected chi connectivity index (χ1v) is 10.2. The van der Waals surface area contributed by atoms with Crippen LogP contribution in [0.1, 0.15) is 36.8 Å². The highest BCUT2D eigenvalue weighted by Crippen LogP contribution is 2.16. The lowest BCUT2D eigenvalue weighted by molar-refractivity contribution is -0.141. The number of amides is 1. The van der Waals surface area contributed by atoms with E-state index >= 15 is 0 Å². The molecule has 0 aliphatic rings. The summed E-state index contributed by atoms with van der Waals surface area (Å²) in [6.07, 6.45) is 0. The van der Waals surface area contributed by atoms with Gasteiger partial charge in [-0.3, -0.25) is 14.4 Å². The summed E-state index contributed by atoms with van der Waals surface area (Å²) in [5, 5.41) is 2.33. The molecule has 3 aromatic rings. The Morgan fingerprint density at radius 3 is 2.19 bits per heavy atom. The van der Waals surface area contributed by atoms with Crippen molar-refractivity contribution in [1.82, 2.24) is 5.32 Å². The molecule has 2 aromatic carbocycles. The molecule has 1 heterocycles. The predicted octanol–water partition coefficient (Wildman–Crippen LogP) is 3.73. The van der Waals surface area contributed by atoms with Crippen LogP contribution in [0.25, 0.3) is 0 Å². The van der Waals surface area contributed by atoms with Crippen molar-refractivity contribution in [1.29, 1.82) is 0 Å². The summed E-state index contributed by atoms with van der Waals surface area (Å²) >= 11 is 3.07. The van der Waals surface area contributed by atoms with E-state index in [2.05, 4.69) is 21.2 Å². The number of hydrogen-bond donors (Lipinski definition) is 1. The van der Waals surface area contributed by atoms with Crippen LogP contribution in [-0.4, -0.2) is 36.8 Å². The molecule has 0 saturated heterocycles. The fourth-order valence-corrected chi connectivity index (χ4v) is 2.83. The topological polar surface area (TPSA) is 112 Å². The molecule has 0 aliphatic carbocycles. The number of furan rings is 1. The van der Waals surface area contributed by atoms with Gasteiger partial charge in [-0.2, -0.15) is 0 Å². The van der Waals surface area contributed by atoms with E-state index in [4.69, 9.17) is 13.9 Å². The fourth-order valence-electron chi connectivity index (χ4n) is 2.52. The van der Waals surface area contributed by atoms with Gasteiger partial charge in [-0.25, -0.2) is 4.79 Å². The Morgan fingerprint density at radius 2 is 1.56 bits per heavy atom. The minimum atomic E-state index is -0.777. The lowest BCUT2D eigenvalue weighted by Crippen LogP contribution is -2.31. The Kier molecular flexibility index (Phi) is 7.56. The van der Waals surface area contributed by atoms with Crippen LogP contribution in [0, 0.1) is 6.92 Å². The first-order valence-electron chi connectivity index (χ1n) is 9.43. The summed E-state index contributed by atoms with van der Waals surface area (Å²) < 4.78 is 15.6. The standard InChI is InChI=1S/C23H18BrNO7/c1-14-2-4-16(5-3-14)23(29)31-17-8-6-15(7-9-17)18(26)13-30-21(27)12-25-22(28)19-10-11-20(24)32-19/h2-11H,12-13H2,1H3,(H,25,28). The third-order valence-electron chi connectivity index (χ3n) is 4.23. The second kappa shape index (κ2) is 10.5. The van der Waals surface area contributed by atoms with Crippen LogP contribution in [0.3, 0.4) is 0 Å². The number of benzene rings is 2. The maximum atomic E-state index is 12.2. The Hall–Kier alpha value is -3.72. The largest absolute Gasteiger partial charge is 0.456 e. The molecular formula is C23H18BrNO7. The normalized spacial score (nSPS) is 10.3. The number of ether oxygens (including phenoxy) is 2. The Labute approximate surface area is 191 Å². The molecule has 3 rings (SSSR count). The Balaban J connectivity index is 1.44. The van der Waals surface area contributed by atoms with Crippen LogP contribution < -0.4 is 10.1 Å². The number of carbonyl (C=O) groups excluding carboxylic acids is 4. The number of Topliss-reactive ketones (excluding diaryl/α,β-unsaturated/α-hetero) is 1. The average molecular weight is 500 g/mol. The van der Waals surface area contributed by atoms with Crippen LogP contribution in [-0.2, 0) is 9.53 Å². The second-order valence-electron chi connectivity index (χ2n) is 6.65. The minimum Gasteiger partial charge on any atom is -0.456 e. The van der Waals surface area contributed by atoms with Crippen molar-refractivity contribution in [2.24, 2.45) is 0 Å². The first kappa shape index (κ1) is 23.0. The van der Waals surface area contributed by atoms with Gasteiger partial charge in [-0.15, -0.1) is 0 Å². The number of rotatable bonds is 8. The smallest absolute Gasteiger partial charge is 0.343 e. The van der Waals surface area contributed by atoms with Gasteiger partial charge in [-0.05, 0) is 71.4 Å². The van der Waals surface area contributed by atoms with Crippen molar-refractivity contribution in [2.75, 3.05) is 13.2 Å². The SMILES string of the molecule is Cc1ccc(C(=O)Oc2ccc(C(=O)COC(=O)CNC(=O)c3ccc(Br)o3)cc2)cc1. The Morgan fingerprint density at radius 1 is 0.906 bits per heavy atom. The fraction of sp³-hybridized carbons (Fsp3) is 0.130. The van der Waals surface area contributed by atoms with Gasteiger partial charge in [0.05, 0.1) is 5.56 Å². The molecule has 0 atom stereocenters. The molecule has 9 heteroatoms.